The molecule has 1 fully saturated rings. The molecule has 2 heterocycles. The van der Waals surface area contributed by atoms with Crippen molar-refractivity contribution in [1.29, 1.82) is 0 Å². The SMILES string of the molecule is CN(C)C(CNC1CC(C)(C)OC1(C)C)c1cnn(C)c1. The molecule has 0 amide bonds. The van der Waals surface area contributed by atoms with Gasteiger partial charge in [0.2, 0.25) is 0 Å². The van der Waals surface area contributed by atoms with Crippen LogP contribution in [0.5, 0.6) is 0 Å². The van der Waals surface area contributed by atoms with E-state index < -0.39 is 0 Å². The normalized spacial score (nSPS) is 25.4. The first-order chi connectivity index (χ1) is 9.61. The highest BCUT2D eigenvalue weighted by molar-refractivity contribution is 5.11. The van der Waals surface area contributed by atoms with E-state index in [2.05, 4.69) is 63.3 Å². The van der Waals surface area contributed by atoms with E-state index in [0.29, 0.717) is 12.1 Å². The third-order valence-corrected chi connectivity index (χ3v) is 4.36. The molecule has 5 heteroatoms. The smallest absolute Gasteiger partial charge is 0.0787 e. The number of nitrogens with one attached hydrogen (secondary N) is 1. The van der Waals surface area contributed by atoms with Crippen LogP contribution < -0.4 is 5.32 Å². The van der Waals surface area contributed by atoms with E-state index in [-0.39, 0.29) is 11.2 Å². The molecule has 0 bridgehead atoms. The van der Waals surface area contributed by atoms with Crippen LogP contribution in [-0.4, -0.2) is 52.6 Å². The van der Waals surface area contributed by atoms with E-state index in [9.17, 15) is 0 Å². The Morgan fingerprint density at radius 2 is 2.10 bits per heavy atom. The first kappa shape index (κ1) is 16.5. The van der Waals surface area contributed by atoms with Gasteiger partial charge in [-0.3, -0.25) is 4.68 Å². The molecule has 1 aliphatic rings. The fourth-order valence-electron chi connectivity index (χ4n) is 3.34. The number of aromatic nitrogens is 2. The molecule has 2 atom stereocenters. The third-order valence-electron chi connectivity index (χ3n) is 4.36. The van der Waals surface area contributed by atoms with Crippen LogP contribution in [0.1, 0.15) is 45.7 Å². The predicted octanol–water partition coefficient (Wildman–Crippen LogP) is 1.96. The van der Waals surface area contributed by atoms with Crippen LogP contribution in [0.2, 0.25) is 0 Å². The Kier molecular flexibility index (Phi) is 4.47. The van der Waals surface area contributed by atoms with E-state index in [1.54, 1.807) is 0 Å². The molecule has 0 saturated carbocycles. The lowest BCUT2D eigenvalue weighted by Gasteiger charge is -2.30. The van der Waals surface area contributed by atoms with Gasteiger partial charge in [-0.05, 0) is 48.2 Å². The van der Waals surface area contributed by atoms with Gasteiger partial charge in [0.25, 0.3) is 0 Å². The van der Waals surface area contributed by atoms with Crippen molar-refractivity contribution >= 4 is 0 Å². The molecule has 5 nitrogen and oxygen atoms in total. The van der Waals surface area contributed by atoms with Crippen molar-refractivity contribution in [3.63, 3.8) is 0 Å². The number of aryl methyl sites for hydroxylation is 1. The molecule has 0 spiro atoms. The van der Waals surface area contributed by atoms with Crippen LogP contribution in [-0.2, 0) is 11.8 Å². The maximum Gasteiger partial charge on any atom is 0.0787 e. The van der Waals surface area contributed by atoms with Crippen LogP contribution in [0.3, 0.4) is 0 Å². The summed E-state index contributed by atoms with van der Waals surface area (Å²) in [5.41, 5.74) is 1.06. The molecule has 1 aliphatic heterocycles. The van der Waals surface area contributed by atoms with Crippen molar-refractivity contribution in [1.82, 2.24) is 20.0 Å². The minimum atomic E-state index is -0.130. The minimum Gasteiger partial charge on any atom is -0.368 e. The monoisotopic (exact) mass is 294 g/mol. The second kappa shape index (κ2) is 5.71. The van der Waals surface area contributed by atoms with Crippen molar-refractivity contribution in [3.05, 3.63) is 18.0 Å². The molecule has 2 rings (SSSR count). The Morgan fingerprint density at radius 3 is 2.52 bits per heavy atom. The standard InChI is InChI=1S/C16H30N4O/c1-15(2)8-14(16(3,4)21-15)17-10-13(19(5)6)12-9-18-20(7)11-12/h9,11,13-14,17H,8,10H2,1-7H3. The average molecular weight is 294 g/mol. The summed E-state index contributed by atoms with van der Waals surface area (Å²) >= 11 is 0. The zero-order chi connectivity index (χ0) is 15.8. The lowest BCUT2D eigenvalue weighted by Crippen LogP contribution is -2.46. The molecule has 120 valence electrons. The number of rotatable bonds is 5. The summed E-state index contributed by atoms with van der Waals surface area (Å²) in [5, 5.41) is 8.00. The Balaban J connectivity index is 2.03. The Bertz CT molecular complexity index is 478. The highest BCUT2D eigenvalue weighted by Crippen LogP contribution is 2.37. The van der Waals surface area contributed by atoms with Gasteiger partial charge in [0, 0.05) is 37.4 Å². The van der Waals surface area contributed by atoms with Crippen LogP contribution in [0.15, 0.2) is 12.4 Å². The van der Waals surface area contributed by atoms with Gasteiger partial charge in [0.15, 0.2) is 0 Å². The van der Waals surface area contributed by atoms with Crippen molar-refractivity contribution in [2.75, 3.05) is 20.6 Å². The van der Waals surface area contributed by atoms with Gasteiger partial charge in [-0.15, -0.1) is 0 Å². The molecule has 2 unspecified atom stereocenters. The van der Waals surface area contributed by atoms with E-state index in [0.717, 1.165) is 13.0 Å². The van der Waals surface area contributed by atoms with Crippen LogP contribution in [0.4, 0.5) is 0 Å². The lowest BCUT2D eigenvalue weighted by atomic mass is 9.94. The van der Waals surface area contributed by atoms with Crippen LogP contribution in [0.25, 0.3) is 0 Å². The quantitative estimate of drug-likeness (QED) is 0.901. The highest BCUT2D eigenvalue weighted by Gasteiger charge is 2.45. The fraction of sp³-hybridized carbons (Fsp3) is 0.812. The summed E-state index contributed by atoms with van der Waals surface area (Å²) in [7, 11) is 6.18. The lowest BCUT2D eigenvalue weighted by molar-refractivity contribution is -0.0700. The number of hydrogen-bond acceptors (Lipinski definition) is 4. The molecule has 0 radical (unpaired) electrons. The van der Waals surface area contributed by atoms with Gasteiger partial charge < -0.3 is 15.0 Å². The van der Waals surface area contributed by atoms with Crippen molar-refractivity contribution < 1.29 is 4.74 Å². The summed E-state index contributed by atoms with van der Waals surface area (Å²) in [6.07, 6.45) is 5.08. The summed E-state index contributed by atoms with van der Waals surface area (Å²) in [6.45, 7) is 9.58. The number of ether oxygens (including phenoxy) is 1. The second-order valence-corrected chi connectivity index (χ2v) is 7.56. The maximum absolute atomic E-state index is 6.16. The molecule has 1 aromatic rings. The van der Waals surface area contributed by atoms with Gasteiger partial charge in [0.05, 0.1) is 17.4 Å². The van der Waals surface area contributed by atoms with Crippen LogP contribution in [0, 0.1) is 0 Å². The van der Waals surface area contributed by atoms with Gasteiger partial charge in [-0.2, -0.15) is 5.10 Å². The van der Waals surface area contributed by atoms with E-state index in [4.69, 9.17) is 4.74 Å². The van der Waals surface area contributed by atoms with Crippen molar-refractivity contribution in [2.24, 2.45) is 7.05 Å². The summed E-state index contributed by atoms with van der Waals surface area (Å²) < 4.78 is 8.02. The van der Waals surface area contributed by atoms with E-state index in [1.807, 2.05) is 17.9 Å². The average Bonchev–Trinajstić information content (AvgIpc) is 2.80. The van der Waals surface area contributed by atoms with Gasteiger partial charge in [-0.25, -0.2) is 0 Å². The maximum atomic E-state index is 6.16. The Labute approximate surface area is 128 Å². The molecule has 1 aromatic heterocycles. The predicted molar refractivity (Wildman–Crippen MR) is 85.3 cm³/mol. The molecule has 21 heavy (non-hydrogen) atoms. The number of nitrogens with zero attached hydrogens (tertiary/aromatic N) is 3. The topological polar surface area (TPSA) is 42.3 Å². The van der Waals surface area contributed by atoms with Gasteiger partial charge >= 0.3 is 0 Å². The largest absolute Gasteiger partial charge is 0.368 e. The van der Waals surface area contributed by atoms with E-state index >= 15 is 0 Å². The van der Waals surface area contributed by atoms with Crippen molar-refractivity contribution in [2.45, 2.75) is 57.4 Å². The molecular weight excluding hydrogens is 264 g/mol. The Morgan fingerprint density at radius 1 is 1.43 bits per heavy atom. The second-order valence-electron chi connectivity index (χ2n) is 7.56. The summed E-state index contributed by atoms with van der Waals surface area (Å²) in [6, 6.07) is 0.685. The van der Waals surface area contributed by atoms with Crippen molar-refractivity contribution in [3.8, 4) is 0 Å². The summed E-state index contributed by atoms with van der Waals surface area (Å²) in [4.78, 5) is 2.23. The minimum absolute atomic E-state index is 0.0525. The Hall–Kier alpha value is -0.910. The molecular formula is C16H30N4O. The molecule has 1 saturated heterocycles. The van der Waals surface area contributed by atoms with Crippen LogP contribution >= 0.6 is 0 Å². The molecule has 1 N–H and O–H groups in total. The first-order valence-corrected chi connectivity index (χ1v) is 7.69. The zero-order valence-corrected chi connectivity index (χ0v) is 14.5. The molecule has 0 aliphatic carbocycles. The summed E-state index contributed by atoms with van der Waals surface area (Å²) in [5.74, 6) is 0. The van der Waals surface area contributed by atoms with Gasteiger partial charge in [-0.1, -0.05) is 0 Å². The highest BCUT2D eigenvalue weighted by atomic mass is 16.5. The first-order valence-electron chi connectivity index (χ1n) is 7.69. The van der Waals surface area contributed by atoms with Gasteiger partial charge in [0.1, 0.15) is 0 Å². The van der Waals surface area contributed by atoms with E-state index in [1.165, 1.54) is 5.56 Å². The third kappa shape index (κ3) is 3.84. The zero-order valence-electron chi connectivity index (χ0n) is 14.5. The fourth-order valence-corrected chi connectivity index (χ4v) is 3.34. The number of hydrogen-bond donors (Lipinski definition) is 1. The number of likely N-dealkylation sites (N-methyl/N-ethyl adjacent to an activating group) is 1. The molecule has 0 aromatic carbocycles.